The van der Waals surface area contributed by atoms with Gasteiger partial charge in [-0.25, -0.2) is 0 Å². The molecule has 1 aliphatic heterocycles. The average molecular weight is 472 g/mol. The van der Waals surface area contributed by atoms with Gasteiger partial charge in [-0.1, -0.05) is 43.4 Å². The largest absolute Gasteiger partial charge is 0.467 e. The molecule has 1 saturated carbocycles. The number of carbonyl (C=O) groups is 3. The molecule has 2 heterocycles. The van der Waals surface area contributed by atoms with Crippen molar-refractivity contribution in [3.05, 3.63) is 52.9 Å². The number of benzene rings is 1. The lowest BCUT2D eigenvalue weighted by atomic mass is 10.0. The molecule has 2 fully saturated rings. The first-order chi connectivity index (χ1) is 15.9. The Balaban J connectivity index is 1.41. The van der Waals surface area contributed by atoms with Gasteiger partial charge in [0.15, 0.2) is 0 Å². The first-order valence-corrected chi connectivity index (χ1v) is 11.9. The van der Waals surface area contributed by atoms with Crippen LogP contribution in [0.4, 0.5) is 5.69 Å². The van der Waals surface area contributed by atoms with Crippen molar-refractivity contribution in [2.75, 3.05) is 24.7 Å². The highest BCUT2D eigenvalue weighted by atomic mass is 35.5. The van der Waals surface area contributed by atoms with E-state index in [1.54, 1.807) is 40.3 Å². The number of carbonyl (C=O) groups excluding carboxylic acids is 3. The van der Waals surface area contributed by atoms with E-state index in [2.05, 4.69) is 0 Å². The summed E-state index contributed by atoms with van der Waals surface area (Å²) in [5.74, 6) is 0.747. The molecule has 0 atom stereocenters. The summed E-state index contributed by atoms with van der Waals surface area (Å²) in [7, 11) is 0. The molecule has 0 N–H and O–H groups in total. The second-order valence-corrected chi connectivity index (χ2v) is 9.36. The van der Waals surface area contributed by atoms with E-state index in [1.165, 1.54) is 30.6 Å². The van der Waals surface area contributed by atoms with Crippen molar-refractivity contribution in [2.45, 2.75) is 52.0 Å². The van der Waals surface area contributed by atoms with Gasteiger partial charge in [-0.05, 0) is 49.1 Å². The summed E-state index contributed by atoms with van der Waals surface area (Å²) < 4.78 is 5.42. The number of halogens is 1. The van der Waals surface area contributed by atoms with Crippen molar-refractivity contribution in [3.8, 4) is 0 Å². The molecule has 0 unspecified atom stereocenters. The molecule has 2 aliphatic rings. The Labute approximate surface area is 199 Å². The fourth-order valence-electron chi connectivity index (χ4n) is 4.69. The number of anilines is 1. The molecule has 3 amide bonds. The van der Waals surface area contributed by atoms with E-state index in [0.29, 0.717) is 28.8 Å². The van der Waals surface area contributed by atoms with Crippen molar-refractivity contribution < 1.29 is 18.8 Å². The maximum Gasteiger partial charge on any atom is 0.248 e. The van der Waals surface area contributed by atoms with Gasteiger partial charge in [0.1, 0.15) is 25.5 Å². The quantitative estimate of drug-likeness (QED) is 0.572. The molecule has 1 aromatic carbocycles. The van der Waals surface area contributed by atoms with Crippen LogP contribution in [0.25, 0.3) is 0 Å². The number of amides is 3. The summed E-state index contributed by atoms with van der Waals surface area (Å²) >= 11 is 6.22. The van der Waals surface area contributed by atoms with Crippen LogP contribution < -0.4 is 4.90 Å². The molecular weight excluding hydrogens is 442 g/mol. The summed E-state index contributed by atoms with van der Waals surface area (Å²) in [6.07, 6.45) is 7.66. The van der Waals surface area contributed by atoms with Gasteiger partial charge in [-0.15, -0.1) is 0 Å². The molecule has 1 aliphatic carbocycles. The van der Waals surface area contributed by atoms with Crippen LogP contribution in [-0.4, -0.2) is 47.3 Å². The van der Waals surface area contributed by atoms with Crippen LogP contribution >= 0.6 is 11.6 Å². The highest BCUT2D eigenvalue weighted by molar-refractivity contribution is 6.31. The molecule has 8 heteroatoms. The van der Waals surface area contributed by atoms with Gasteiger partial charge in [-0.2, -0.15) is 0 Å². The van der Waals surface area contributed by atoms with Gasteiger partial charge < -0.3 is 14.2 Å². The third-order valence-electron chi connectivity index (χ3n) is 6.67. The van der Waals surface area contributed by atoms with Crippen molar-refractivity contribution in [1.29, 1.82) is 0 Å². The summed E-state index contributed by atoms with van der Waals surface area (Å²) in [6, 6.07) is 8.94. The van der Waals surface area contributed by atoms with Gasteiger partial charge in [0, 0.05) is 17.1 Å². The molecular formula is C25H30ClN3O4. The highest BCUT2D eigenvalue weighted by Gasteiger charge is 2.34. The van der Waals surface area contributed by atoms with E-state index in [4.69, 9.17) is 16.0 Å². The lowest BCUT2D eigenvalue weighted by Crippen LogP contribution is -2.42. The minimum atomic E-state index is -0.258. The lowest BCUT2D eigenvalue weighted by molar-refractivity contribution is -0.141. The molecule has 0 spiro atoms. The van der Waals surface area contributed by atoms with Gasteiger partial charge in [0.25, 0.3) is 0 Å². The maximum atomic E-state index is 13.1. The number of nitrogens with zero attached hydrogens (tertiary/aromatic N) is 3. The third-order valence-corrected chi connectivity index (χ3v) is 7.08. The smallest absolute Gasteiger partial charge is 0.248 e. The zero-order valence-electron chi connectivity index (χ0n) is 19.0. The first-order valence-electron chi connectivity index (χ1n) is 11.6. The Morgan fingerprint density at radius 1 is 1.18 bits per heavy atom. The van der Waals surface area contributed by atoms with E-state index < -0.39 is 0 Å². The van der Waals surface area contributed by atoms with E-state index in [9.17, 15) is 14.4 Å². The maximum absolute atomic E-state index is 13.1. The topological polar surface area (TPSA) is 74.1 Å². The minimum Gasteiger partial charge on any atom is -0.467 e. The van der Waals surface area contributed by atoms with E-state index in [1.807, 2.05) is 13.0 Å². The Hall–Kier alpha value is -2.80. The Morgan fingerprint density at radius 3 is 2.70 bits per heavy atom. The predicted molar refractivity (Wildman–Crippen MR) is 126 cm³/mol. The zero-order valence-corrected chi connectivity index (χ0v) is 19.7. The Bertz CT molecular complexity index is 1000. The minimum absolute atomic E-state index is 0.0182. The van der Waals surface area contributed by atoms with Crippen LogP contribution in [0, 0.1) is 12.8 Å². The fraction of sp³-hybridized carbons (Fsp3) is 0.480. The average Bonchev–Trinajstić information content (AvgIpc) is 3.56. The Morgan fingerprint density at radius 2 is 1.97 bits per heavy atom. The van der Waals surface area contributed by atoms with Gasteiger partial charge in [-0.3, -0.25) is 19.3 Å². The SMILES string of the molecule is Cc1c(Cl)cccc1N1CN(C(=O)CN(Cc2ccco2)C(=O)CCC2CCCC2)CC1=O. The molecule has 2 aromatic rings. The highest BCUT2D eigenvalue weighted by Crippen LogP contribution is 2.30. The van der Waals surface area contributed by atoms with Crippen molar-refractivity contribution in [1.82, 2.24) is 9.80 Å². The van der Waals surface area contributed by atoms with Gasteiger partial charge in [0.2, 0.25) is 17.7 Å². The number of hydrogen-bond acceptors (Lipinski definition) is 4. The van der Waals surface area contributed by atoms with Crippen LogP contribution in [0.5, 0.6) is 0 Å². The fourth-order valence-corrected chi connectivity index (χ4v) is 4.85. The number of furan rings is 1. The van der Waals surface area contributed by atoms with Crippen molar-refractivity contribution in [2.24, 2.45) is 5.92 Å². The normalized spacial score (nSPS) is 16.6. The first kappa shape index (κ1) is 23.4. The third kappa shape index (κ3) is 5.58. The molecule has 1 aromatic heterocycles. The van der Waals surface area contributed by atoms with Crippen molar-refractivity contribution in [3.63, 3.8) is 0 Å². The second-order valence-electron chi connectivity index (χ2n) is 8.96. The molecule has 176 valence electrons. The summed E-state index contributed by atoms with van der Waals surface area (Å²) in [5, 5.41) is 0.572. The second kappa shape index (κ2) is 10.4. The van der Waals surface area contributed by atoms with Crippen LogP contribution in [0.15, 0.2) is 41.0 Å². The van der Waals surface area contributed by atoms with Gasteiger partial charge >= 0.3 is 0 Å². The molecule has 4 rings (SSSR count). The summed E-state index contributed by atoms with van der Waals surface area (Å²) in [5.41, 5.74) is 1.49. The molecule has 1 saturated heterocycles. The standard InChI is InChI=1S/C25H30ClN3O4/c1-18-21(26)9-4-10-22(18)29-17-28(16-25(29)32)24(31)15-27(14-20-8-5-13-33-20)23(30)12-11-19-6-2-3-7-19/h4-5,8-10,13,19H,2-3,6-7,11-12,14-17H2,1H3. The van der Waals surface area contributed by atoms with Crippen LogP contribution in [0.3, 0.4) is 0 Å². The van der Waals surface area contributed by atoms with E-state index in [0.717, 1.165) is 12.0 Å². The molecule has 33 heavy (non-hydrogen) atoms. The van der Waals surface area contributed by atoms with Crippen LogP contribution in [-0.2, 0) is 20.9 Å². The summed E-state index contributed by atoms with van der Waals surface area (Å²) in [4.78, 5) is 43.4. The number of rotatable bonds is 8. The van der Waals surface area contributed by atoms with Crippen LogP contribution in [0.2, 0.25) is 5.02 Å². The zero-order chi connectivity index (χ0) is 23.4. The molecule has 0 bridgehead atoms. The Kier molecular flexibility index (Phi) is 7.38. The number of hydrogen-bond donors (Lipinski definition) is 0. The molecule has 7 nitrogen and oxygen atoms in total. The predicted octanol–water partition coefficient (Wildman–Crippen LogP) is 4.37. The molecule has 0 radical (unpaired) electrons. The summed E-state index contributed by atoms with van der Waals surface area (Å²) in [6.45, 7) is 2.13. The lowest BCUT2D eigenvalue weighted by Gasteiger charge is -2.25. The van der Waals surface area contributed by atoms with Gasteiger partial charge in [0.05, 0.1) is 12.8 Å². The van der Waals surface area contributed by atoms with Crippen molar-refractivity contribution >= 4 is 35.0 Å². The van der Waals surface area contributed by atoms with E-state index >= 15 is 0 Å². The van der Waals surface area contributed by atoms with Crippen LogP contribution in [0.1, 0.15) is 49.8 Å². The van der Waals surface area contributed by atoms with E-state index in [-0.39, 0.29) is 44.0 Å². The monoisotopic (exact) mass is 471 g/mol.